The van der Waals surface area contributed by atoms with Crippen LogP contribution in [0.5, 0.6) is 0 Å². The summed E-state index contributed by atoms with van der Waals surface area (Å²) in [5, 5.41) is 5.61. The Balaban J connectivity index is 1.88. The minimum atomic E-state index is -4.60. The Hall–Kier alpha value is -2.52. The van der Waals surface area contributed by atoms with Crippen LogP contribution in [0.2, 0.25) is 0 Å². The highest BCUT2D eigenvalue weighted by molar-refractivity contribution is 5.75. The van der Waals surface area contributed by atoms with Crippen LogP contribution in [0.4, 0.5) is 26.3 Å². The van der Waals surface area contributed by atoms with Crippen molar-refractivity contribution < 1.29 is 31.1 Å². The number of nitrogens with zero attached hydrogens (tertiary/aromatic N) is 2. The maximum absolute atomic E-state index is 12.4. The molecule has 1 N–H and O–H groups in total. The molecule has 10 heteroatoms. The molecule has 1 aromatic heterocycles. The number of hydrogen-bond donors (Lipinski definition) is 1. The molecule has 0 aliphatic heterocycles. The molecule has 0 radical (unpaired) electrons. The van der Waals surface area contributed by atoms with E-state index in [0.717, 1.165) is 29.1 Å². The van der Waals surface area contributed by atoms with Crippen LogP contribution in [0.3, 0.4) is 0 Å². The van der Waals surface area contributed by atoms with Gasteiger partial charge in [-0.2, -0.15) is 31.4 Å². The van der Waals surface area contributed by atoms with Gasteiger partial charge in [0.15, 0.2) is 5.69 Å². The van der Waals surface area contributed by atoms with Crippen molar-refractivity contribution in [2.24, 2.45) is 0 Å². The summed E-state index contributed by atoms with van der Waals surface area (Å²) in [6.07, 6.45) is -8.03. The predicted octanol–water partition coefficient (Wildman–Crippen LogP) is 3.24. The van der Waals surface area contributed by atoms with E-state index in [2.05, 4.69) is 10.4 Å². The largest absolute Gasteiger partial charge is 0.435 e. The SMILES string of the molecule is O=C(Cn1ccc(C(F)(F)F)n1)NCc1ccc(C(F)(F)F)cc1. The van der Waals surface area contributed by atoms with Gasteiger partial charge in [0.1, 0.15) is 6.54 Å². The van der Waals surface area contributed by atoms with Crippen LogP contribution in [0.25, 0.3) is 0 Å². The van der Waals surface area contributed by atoms with E-state index in [-0.39, 0.29) is 6.54 Å². The van der Waals surface area contributed by atoms with Crippen molar-refractivity contribution in [3.05, 3.63) is 53.3 Å². The average molecular weight is 351 g/mol. The molecule has 0 saturated heterocycles. The summed E-state index contributed by atoms with van der Waals surface area (Å²) in [6, 6.07) is 4.91. The summed E-state index contributed by atoms with van der Waals surface area (Å²) in [5.74, 6) is -0.619. The monoisotopic (exact) mass is 351 g/mol. The molecule has 0 atom stereocenters. The highest BCUT2D eigenvalue weighted by Gasteiger charge is 2.33. The number of hydrogen-bond acceptors (Lipinski definition) is 2. The Morgan fingerprint density at radius 3 is 2.12 bits per heavy atom. The van der Waals surface area contributed by atoms with Crippen LogP contribution in [-0.4, -0.2) is 15.7 Å². The molecule has 4 nitrogen and oxygen atoms in total. The van der Waals surface area contributed by atoms with E-state index in [1.807, 2.05) is 0 Å². The zero-order chi connectivity index (χ0) is 18.0. The summed E-state index contributed by atoms with van der Waals surface area (Å²) in [7, 11) is 0. The minimum Gasteiger partial charge on any atom is -0.350 e. The highest BCUT2D eigenvalue weighted by Crippen LogP contribution is 2.29. The van der Waals surface area contributed by atoms with Crippen molar-refractivity contribution in [1.29, 1.82) is 0 Å². The van der Waals surface area contributed by atoms with Gasteiger partial charge in [-0.3, -0.25) is 9.48 Å². The van der Waals surface area contributed by atoms with E-state index in [1.54, 1.807) is 0 Å². The fraction of sp³-hybridized carbons (Fsp3) is 0.286. The van der Waals surface area contributed by atoms with Crippen LogP contribution in [0.1, 0.15) is 16.8 Å². The van der Waals surface area contributed by atoms with Gasteiger partial charge in [0.25, 0.3) is 0 Å². The molecule has 24 heavy (non-hydrogen) atoms. The molecule has 2 rings (SSSR count). The number of amides is 1. The van der Waals surface area contributed by atoms with Gasteiger partial charge in [0.05, 0.1) is 5.56 Å². The number of alkyl halides is 6. The van der Waals surface area contributed by atoms with Crippen molar-refractivity contribution in [3.8, 4) is 0 Å². The molecule has 0 spiro atoms. The Bertz CT molecular complexity index is 703. The number of carbonyl (C=O) groups excluding carboxylic acids is 1. The minimum absolute atomic E-state index is 0.0512. The Morgan fingerprint density at radius 1 is 1.00 bits per heavy atom. The number of rotatable bonds is 4. The number of aromatic nitrogens is 2. The summed E-state index contributed by atoms with van der Waals surface area (Å²) in [5.41, 5.74) is -1.50. The Labute approximate surface area is 132 Å². The first kappa shape index (κ1) is 17.8. The maximum Gasteiger partial charge on any atom is 0.435 e. The number of halogens is 6. The number of benzene rings is 1. The lowest BCUT2D eigenvalue weighted by Gasteiger charge is -2.09. The van der Waals surface area contributed by atoms with Gasteiger partial charge in [-0.15, -0.1) is 0 Å². The molecule has 0 unspecified atom stereocenters. The van der Waals surface area contributed by atoms with Crippen LogP contribution < -0.4 is 5.32 Å². The van der Waals surface area contributed by atoms with Gasteiger partial charge in [-0.05, 0) is 23.8 Å². The fourth-order valence-electron chi connectivity index (χ4n) is 1.82. The summed E-state index contributed by atoms with van der Waals surface area (Å²) >= 11 is 0. The lowest BCUT2D eigenvalue weighted by atomic mass is 10.1. The van der Waals surface area contributed by atoms with E-state index in [9.17, 15) is 31.1 Å². The molecule has 1 heterocycles. The van der Waals surface area contributed by atoms with Crippen molar-refractivity contribution in [3.63, 3.8) is 0 Å². The van der Waals surface area contributed by atoms with Gasteiger partial charge in [0.2, 0.25) is 5.91 Å². The second-order valence-electron chi connectivity index (χ2n) is 4.87. The van der Waals surface area contributed by atoms with E-state index in [0.29, 0.717) is 5.56 Å². The molecule has 0 bridgehead atoms. The quantitative estimate of drug-likeness (QED) is 0.860. The second kappa shape index (κ2) is 6.54. The van der Waals surface area contributed by atoms with Gasteiger partial charge in [-0.1, -0.05) is 12.1 Å². The Morgan fingerprint density at radius 2 is 1.62 bits per heavy atom. The molecule has 1 aromatic carbocycles. The summed E-state index contributed by atoms with van der Waals surface area (Å²) in [4.78, 5) is 11.6. The van der Waals surface area contributed by atoms with Crippen molar-refractivity contribution >= 4 is 5.91 Å². The van der Waals surface area contributed by atoms with Crippen LogP contribution in [0, 0.1) is 0 Å². The lowest BCUT2D eigenvalue weighted by molar-refractivity contribution is -0.141. The third kappa shape index (κ3) is 4.74. The smallest absolute Gasteiger partial charge is 0.350 e. The van der Waals surface area contributed by atoms with E-state index in [4.69, 9.17) is 0 Å². The highest BCUT2D eigenvalue weighted by atomic mass is 19.4. The predicted molar refractivity (Wildman–Crippen MR) is 70.5 cm³/mol. The third-order valence-corrected chi connectivity index (χ3v) is 3.01. The zero-order valence-corrected chi connectivity index (χ0v) is 11.9. The van der Waals surface area contributed by atoms with Gasteiger partial charge in [-0.25, -0.2) is 0 Å². The van der Waals surface area contributed by atoms with E-state index in [1.165, 1.54) is 12.1 Å². The molecule has 130 valence electrons. The van der Waals surface area contributed by atoms with Gasteiger partial charge < -0.3 is 5.32 Å². The maximum atomic E-state index is 12.4. The van der Waals surface area contributed by atoms with Gasteiger partial charge in [0, 0.05) is 12.7 Å². The molecule has 1 amide bonds. The average Bonchev–Trinajstić information content (AvgIpc) is 2.93. The van der Waals surface area contributed by atoms with Gasteiger partial charge >= 0.3 is 12.4 Å². The third-order valence-electron chi connectivity index (χ3n) is 3.01. The molecule has 0 fully saturated rings. The first-order valence-electron chi connectivity index (χ1n) is 6.59. The van der Waals surface area contributed by atoms with E-state index < -0.39 is 36.1 Å². The number of nitrogens with one attached hydrogen (secondary N) is 1. The van der Waals surface area contributed by atoms with Crippen LogP contribution in [-0.2, 0) is 30.2 Å². The topological polar surface area (TPSA) is 46.9 Å². The molecule has 0 aliphatic rings. The summed E-state index contributed by atoms with van der Waals surface area (Å²) < 4.78 is 75.1. The van der Waals surface area contributed by atoms with Crippen LogP contribution >= 0.6 is 0 Å². The molecule has 2 aromatic rings. The first-order valence-corrected chi connectivity index (χ1v) is 6.59. The summed E-state index contributed by atoms with van der Waals surface area (Å²) in [6.45, 7) is -0.485. The van der Waals surface area contributed by atoms with E-state index >= 15 is 0 Å². The molecule has 0 saturated carbocycles. The van der Waals surface area contributed by atoms with Crippen molar-refractivity contribution in [2.45, 2.75) is 25.4 Å². The van der Waals surface area contributed by atoms with Crippen molar-refractivity contribution in [1.82, 2.24) is 15.1 Å². The standard InChI is InChI=1S/C14H11F6N3O/c15-13(16,17)10-3-1-9(2-4-10)7-21-12(24)8-23-6-5-11(22-23)14(18,19)20/h1-6H,7-8H2,(H,21,24). The molecular weight excluding hydrogens is 340 g/mol. The molecular formula is C14H11F6N3O. The second-order valence-corrected chi connectivity index (χ2v) is 4.87. The Kier molecular flexibility index (Phi) is 4.86. The first-order chi connectivity index (χ1) is 11.1. The van der Waals surface area contributed by atoms with Crippen LogP contribution in [0.15, 0.2) is 36.5 Å². The number of carbonyl (C=O) groups is 1. The van der Waals surface area contributed by atoms with Crippen molar-refractivity contribution in [2.75, 3.05) is 0 Å². The fourth-order valence-corrected chi connectivity index (χ4v) is 1.82. The molecule has 0 aliphatic carbocycles. The zero-order valence-electron chi connectivity index (χ0n) is 11.9. The normalized spacial score (nSPS) is 12.2. The lowest BCUT2D eigenvalue weighted by Crippen LogP contribution is -2.27.